The lowest BCUT2D eigenvalue weighted by atomic mass is 10.2. The molecule has 0 saturated carbocycles. The number of azo groups is 3. The zero-order chi connectivity index (χ0) is 31.5. The molecule has 10 nitrogen and oxygen atoms in total. The smallest absolute Gasteiger partial charge is 0.333 e. The summed E-state index contributed by atoms with van der Waals surface area (Å²) in [7, 11) is 1.93. The molecular weight excluding hydrogens is 552 g/mol. The summed E-state index contributed by atoms with van der Waals surface area (Å²) < 4.78 is 5.16. The average Bonchev–Trinajstić information content (AvgIpc) is 3.03. The minimum absolute atomic E-state index is 0.277. The summed E-state index contributed by atoms with van der Waals surface area (Å²) in [4.78, 5) is 13.5. The SMILES string of the molecule is C=C(C)C(=O)OCCN(C)c1ccc(N=Nc2ccc(N=Nc3ccc(N=Nc4ccc(C#N)cc4)cc3C)cc2C)cc1. The maximum absolute atomic E-state index is 11.5. The Bertz CT molecular complexity index is 1770. The summed E-state index contributed by atoms with van der Waals surface area (Å²) in [6.45, 7) is 9.93. The van der Waals surface area contributed by atoms with Crippen molar-refractivity contribution in [1.82, 2.24) is 0 Å². The topological polar surface area (TPSA) is 127 Å². The highest BCUT2D eigenvalue weighted by Gasteiger charge is 2.06. The lowest BCUT2D eigenvalue weighted by Gasteiger charge is -2.19. The van der Waals surface area contributed by atoms with E-state index < -0.39 is 0 Å². The number of ether oxygens (including phenoxy) is 1. The van der Waals surface area contributed by atoms with Gasteiger partial charge in [0.1, 0.15) is 6.61 Å². The number of carbonyl (C=O) groups excluding carboxylic acids is 1. The second-order valence-electron chi connectivity index (χ2n) is 10.1. The number of anilines is 1. The van der Waals surface area contributed by atoms with Crippen LogP contribution in [-0.4, -0.2) is 26.2 Å². The van der Waals surface area contributed by atoms with Crippen LogP contribution in [0.15, 0.2) is 128 Å². The van der Waals surface area contributed by atoms with Gasteiger partial charge in [0.2, 0.25) is 0 Å². The fraction of sp³-hybridized carbons (Fsp3) is 0.176. The van der Waals surface area contributed by atoms with E-state index in [4.69, 9.17) is 10.00 Å². The van der Waals surface area contributed by atoms with Gasteiger partial charge in [0.25, 0.3) is 0 Å². The largest absolute Gasteiger partial charge is 0.460 e. The maximum Gasteiger partial charge on any atom is 0.333 e. The summed E-state index contributed by atoms with van der Waals surface area (Å²) in [6.07, 6.45) is 0. The quantitative estimate of drug-likeness (QED) is 0.0986. The Kier molecular flexibility index (Phi) is 10.5. The molecule has 0 atom stereocenters. The van der Waals surface area contributed by atoms with Crippen molar-refractivity contribution >= 4 is 45.8 Å². The van der Waals surface area contributed by atoms with Gasteiger partial charge in [-0.25, -0.2) is 4.79 Å². The van der Waals surface area contributed by atoms with Crippen molar-refractivity contribution in [3.8, 4) is 6.07 Å². The highest BCUT2D eigenvalue weighted by atomic mass is 16.5. The first kappa shape index (κ1) is 31.1. The van der Waals surface area contributed by atoms with Gasteiger partial charge in [0.15, 0.2) is 0 Å². The molecule has 220 valence electrons. The molecule has 0 spiro atoms. The summed E-state index contributed by atoms with van der Waals surface area (Å²) in [6, 6.07) is 27.8. The Labute approximate surface area is 256 Å². The van der Waals surface area contributed by atoms with Crippen molar-refractivity contribution in [3.63, 3.8) is 0 Å². The fourth-order valence-corrected chi connectivity index (χ4v) is 3.87. The van der Waals surface area contributed by atoms with Gasteiger partial charge in [-0.15, -0.1) is 0 Å². The van der Waals surface area contributed by atoms with Crippen LogP contribution >= 0.6 is 0 Å². The lowest BCUT2D eigenvalue weighted by molar-refractivity contribution is -0.138. The van der Waals surface area contributed by atoms with E-state index >= 15 is 0 Å². The Hall–Kier alpha value is -5.82. The van der Waals surface area contributed by atoms with Crippen LogP contribution in [0.5, 0.6) is 0 Å². The molecule has 0 aliphatic rings. The molecule has 0 saturated heterocycles. The summed E-state index contributed by atoms with van der Waals surface area (Å²) in [5.74, 6) is -0.386. The Morgan fingerprint density at radius 2 is 1.20 bits per heavy atom. The van der Waals surface area contributed by atoms with Gasteiger partial charge in [-0.05, 0) is 117 Å². The van der Waals surface area contributed by atoms with E-state index in [9.17, 15) is 4.79 Å². The van der Waals surface area contributed by atoms with Crippen LogP contribution in [0.25, 0.3) is 0 Å². The molecule has 4 aromatic rings. The van der Waals surface area contributed by atoms with Crippen LogP contribution in [0.3, 0.4) is 0 Å². The van der Waals surface area contributed by atoms with Crippen molar-refractivity contribution in [3.05, 3.63) is 114 Å². The number of esters is 1. The van der Waals surface area contributed by atoms with E-state index in [2.05, 4.69) is 43.3 Å². The molecule has 44 heavy (non-hydrogen) atoms. The third kappa shape index (κ3) is 8.84. The van der Waals surface area contributed by atoms with Crippen molar-refractivity contribution in [2.75, 3.05) is 25.1 Å². The highest BCUT2D eigenvalue weighted by molar-refractivity contribution is 5.86. The second kappa shape index (κ2) is 14.9. The average molecular weight is 585 g/mol. The first-order chi connectivity index (χ1) is 21.2. The number of rotatable bonds is 11. The predicted molar refractivity (Wildman–Crippen MR) is 172 cm³/mol. The van der Waals surface area contributed by atoms with Crippen LogP contribution in [-0.2, 0) is 9.53 Å². The molecule has 0 amide bonds. The lowest BCUT2D eigenvalue weighted by Crippen LogP contribution is -2.23. The number of aryl methyl sites for hydroxylation is 2. The zero-order valence-electron chi connectivity index (χ0n) is 25.1. The van der Waals surface area contributed by atoms with E-state index in [1.54, 1.807) is 31.2 Å². The molecule has 4 aromatic carbocycles. The molecule has 0 unspecified atom stereocenters. The molecule has 10 heteroatoms. The monoisotopic (exact) mass is 584 g/mol. The van der Waals surface area contributed by atoms with Crippen molar-refractivity contribution in [2.24, 2.45) is 30.7 Å². The third-order valence-corrected chi connectivity index (χ3v) is 6.48. The summed E-state index contributed by atoms with van der Waals surface area (Å²) >= 11 is 0. The van der Waals surface area contributed by atoms with Crippen molar-refractivity contribution in [2.45, 2.75) is 20.8 Å². The second-order valence-corrected chi connectivity index (χ2v) is 10.1. The number of nitrogens with zero attached hydrogens (tertiary/aromatic N) is 8. The minimum atomic E-state index is -0.386. The summed E-state index contributed by atoms with van der Waals surface area (Å²) in [5, 5.41) is 35.0. The van der Waals surface area contributed by atoms with E-state index in [1.165, 1.54) is 0 Å². The number of benzene rings is 4. The maximum atomic E-state index is 11.5. The first-order valence-electron chi connectivity index (χ1n) is 13.8. The molecule has 0 N–H and O–H groups in total. The molecule has 0 aromatic heterocycles. The number of carbonyl (C=O) groups is 1. The highest BCUT2D eigenvalue weighted by Crippen LogP contribution is 2.30. The molecule has 0 bridgehead atoms. The van der Waals surface area contributed by atoms with Crippen LogP contribution < -0.4 is 4.90 Å². The van der Waals surface area contributed by atoms with Gasteiger partial charge in [0.05, 0.1) is 52.3 Å². The van der Waals surface area contributed by atoms with Crippen LogP contribution in [0, 0.1) is 25.2 Å². The van der Waals surface area contributed by atoms with Crippen molar-refractivity contribution < 1.29 is 9.53 Å². The van der Waals surface area contributed by atoms with Gasteiger partial charge in [-0.1, -0.05) is 6.58 Å². The van der Waals surface area contributed by atoms with Crippen LogP contribution in [0.1, 0.15) is 23.6 Å². The Morgan fingerprint density at radius 1 is 0.750 bits per heavy atom. The minimum Gasteiger partial charge on any atom is -0.460 e. The van der Waals surface area contributed by atoms with Crippen LogP contribution in [0.4, 0.5) is 39.8 Å². The number of nitriles is 1. The summed E-state index contributed by atoms with van der Waals surface area (Å²) in [5.41, 5.74) is 8.01. The van der Waals surface area contributed by atoms with Crippen LogP contribution in [0.2, 0.25) is 0 Å². The standard InChI is InChI=1S/C34H32N8O2/c1-23(2)34(43)44-19-18-42(5)31-14-10-28(11-15-31)37-40-32-17-13-30(21-25(32)4)39-41-33-16-12-29(20-24(33)3)38-36-27-8-6-26(22-35)7-9-27/h6-17,20-21H,1,18-19H2,2-5H3. The van der Waals surface area contributed by atoms with E-state index in [0.29, 0.717) is 34.7 Å². The zero-order valence-corrected chi connectivity index (χ0v) is 25.1. The molecular formula is C34H32N8O2. The van der Waals surface area contributed by atoms with Gasteiger partial charge in [-0.3, -0.25) is 0 Å². The third-order valence-electron chi connectivity index (χ3n) is 6.48. The normalized spacial score (nSPS) is 11.2. The Morgan fingerprint density at radius 3 is 1.70 bits per heavy atom. The number of hydrogen-bond donors (Lipinski definition) is 0. The van der Waals surface area contributed by atoms with E-state index in [-0.39, 0.29) is 12.6 Å². The number of hydrogen-bond acceptors (Lipinski definition) is 10. The molecule has 0 fully saturated rings. The predicted octanol–water partition coefficient (Wildman–Crippen LogP) is 9.98. The molecule has 0 heterocycles. The molecule has 0 aliphatic heterocycles. The van der Waals surface area contributed by atoms with E-state index in [0.717, 1.165) is 33.9 Å². The van der Waals surface area contributed by atoms with Gasteiger partial charge in [-0.2, -0.15) is 35.9 Å². The molecule has 0 radical (unpaired) electrons. The molecule has 0 aliphatic carbocycles. The fourth-order valence-electron chi connectivity index (χ4n) is 3.87. The van der Waals surface area contributed by atoms with Gasteiger partial charge in [0, 0.05) is 18.3 Å². The first-order valence-corrected chi connectivity index (χ1v) is 13.8. The van der Waals surface area contributed by atoms with Gasteiger partial charge >= 0.3 is 5.97 Å². The van der Waals surface area contributed by atoms with E-state index in [1.807, 2.05) is 86.5 Å². The number of likely N-dealkylation sites (N-methyl/N-ethyl adjacent to an activating group) is 1. The van der Waals surface area contributed by atoms with Crippen molar-refractivity contribution in [1.29, 1.82) is 5.26 Å². The Balaban J connectivity index is 1.33. The molecule has 4 rings (SSSR count). The van der Waals surface area contributed by atoms with Gasteiger partial charge < -0.3 is 9.64 Å².